The minimum atomic E-state index is -0.780. The molecule has 11 rings (SSSR count). The largest absolute Gasteiger partial charge is 0.508 e. The predicted molar refractivity (Wildman–Crippen MR) is 291 cm³/mol. The van der Waals surface area contributed by atoms with Gasteiger partial charge in [0.15, 0.2) is 23.0 Å². The lowest BCUT2D eigenvalue weighted by Gasteiger charge is -2.66. The number of ether oxygens (including phenoxy) is 5. The molecular weight excluding hydrogens is 959 g/mol. The summed E-state index contributed by atoms with van der Waals surface area (Å²) in [5, 5.41) is 51.8. The molecule has 6 aromatic rings. The SMILES string of the molecule is CCOCCCNCc1cccc(-c2cc(O)cc3ccc(CC(=O)O[C@H]4C[C@@H]5c6cc(OC)c(O)cc6C[C@H]6[C@H]5[C@@]5(C7=Cc8ccccc8CC7)[C@H](Cc7cc(OC)c(O)cc7[C@@H]5C[C@@H]6O)[C@H](OC(C)=O)C4)cc23)c1. The van der Waals surface area contributed by atoms with E-state index in [1.807, 2.05) is 55.5 Å². The maximum absolute atomic E-state index is 14.8. The highest BCUT2D eigenvalue weighted by atomic mass is 16.6. The van der Waals surface area contributed by atoms with Crippen molar-refractivity contribution >= 4 is 28.8 Å². The minimum absolute atomic E-state index is 0.0179. The number of carbonyl (C=O) groups excluding carboxylic acids is 2. The third kappa shape index (κ3) is 9.47. The van der Waals surface area contributed by atoms with Crippen molar-refractivity contribution in [3.8, 4) is 39.9 Å². The van der Waals surface area contributed by atoms with Crippen LogP contribution in [-0.4, -0.2) is 84.7 Å². The van der Waals surface area contributed by atoms with Crippen molar-refractivity contribution in [1.82, 2.24) is 5.32 Å². The number of fused-ring (bicyclic) bond motifs is 6. The van der Waals surface area contributed by atoms with Crippen molar-refractivity contribution in [2.75, 3.05) is 34.0 Å². The van der Waals surface area contributed by atoms with Crippen LogP contribution in [0.5, 0.6) is 28.7 Å². The summed E-state index contributed by atoms with van der Waals surface area (Å²) in [4.78, 5) is 28.4. The first kappa shape index (κ1) is 51.3. The average Bonchev–Trinajstić information content (AvgIpc) is 3.55. The Kier molecular flexibility index (Phi) is 14.4. The second-order valence-corrected chi connectivity index (χ2v) is 21.8. The lowest BCUT2D eigenvalue weighted by Crippen LogP contribution is -2.63. The molecule has 5 aliphatic carbocycles. The normalized spacial score (nSPS) is 25.1. The summed E-state index contributed by atoms with van der Waals surface area (Å²) < 4.78 is 30.4. The number of hydrogen-bond donors (Lipinski definition) is 5. The first-order valence-corrected chi connectivity index (χ1v) is 27.1. The number of rotatable bonds is 15. The summed E-state index contributed by atoms with van der Waals surface area (Å²) in [7, 11) is 3.08. The lowest BCUT2D eigenvalue weighted by molar-refractivity contribution is -0.177. The Morgan fingerprint density at radius 1 is 0.763 bits per heavy atom. The van der Waals surface area contributed by atoms with E-state index in [0.29, 0.717) is 56.9 Å². The monoisotopic (exact) mass is 1030 g/mol. The van der Waals surface area contributed by atoms with E-state index in [4.69, 9.17) is 23.7 Å². The van der Waals surface area contributed by atoms with Crippen LogP contribution in [0.4, 0.5) is 0 Å². The molecule has 12 heteroatoms. The van der Waals surface area contributed by atoms with E-state index in [9.17, 15) is 30.0 Å². The fourth-order valence-electron chi connectivity index (χ4n) is 14.7. The maximum Gasteiger partial charge on any atom is 0.310 e. The molecule has 0 unspecified atom stereocenters. The van der Waals surface area contributed by atoms with Gasteiger partial charge in [-0.3, -0.25) is 9.59 Å². The zero-order valence-corrected chi connectivity index (χ0v) is 43.9. The molecule has 0 heterocycles. The van der Waals surface area contributed by atoms with Crippen molar-refractivity contribution in [3.63, 3.8) is 0 Å². The van der Waals surface area contributed by atoms with Crippen LogP contribution in [0.25, 0.3) is 28.0 Å². The van der Waals surface area contributed by atoms with Gasteiger partial charge in [0.1, 0.15) is 18.0 Å². The topological polar surface area (TPSA) is 173 Å². The molecule has 0 spiro atoms. The lowest BCUT2D eigenvalue weighted by atomic mass is 9.38. The van der Waals surface area contributed by atoms with Crippen LogP contribution in [0.3, 0.4) is 0 Å². The summed E-state index contributed by atoms with van der Waals surface area (Å²) in [6.07, 6.45) is 4.49. The first-order valence-electron chi connectivity index (χ1n) is 27.1. The van der Waals surface area contributed by atoms with Crippen molar-refractivity contribution in [3.05, 3.63) is 153 Å². The van der Waals surface area contributed by atoms with Gasteiger partial charge >= 0.3 is 11.9 Å². The second-order valence-electron chi connectivity index (χ2n) is 21.8. The number of hydrogen-bond acceptors (Lipinski definition) is 12. The van der Waals surface area contributed by atoms with Crippen LogP contribution in [0.2, 0.25) is 0 Å². The molecule has 0 amide bonds. The molecule has 2 saturated carbocycles. The Hall–Kier alpha value is -6.86. The molecule has 0 aliphatic heterocycles. The van der Waals surface area contributed by atoms with E-state index < -0.39 is 35.7 Å². The number of aryl methyl sites for hydroxylation is 1. The molecular formula is C64H69NO11. The molecule has 396 valence electrons. The van der Waals surface area contributed by atoms with Crippen LogP contribution in [0.1, 0.15) is 102 Å². The number of carbonyl (C=O) groups is 2. The van der Waals surface area contributed by atoms with Gasteiger partial charge in [-0.25, -0.2) is 0 Å². The van der Waals surface area contributed by atoms with Crippen molar-refractivity contribution < 1.29 is 53.7 Å². The van der Waals surface area contributed by atoms with Gasteiger partial charge in [0.2, 0.25) is 0 Å². The molecule has 6 aromatic carbocycles. The predicted octanol–water partition coefficient (Wildman–Crippen LogP) is 10.6. The third-order valence-electron chi connectivity index (χ3n) is 17.6. The van der Waals surface area contributed by atoms with Crippen LogP contribution in [0.15, 0.2) is 109 Å². The van der Waals surface area contributed by atoms with E-state index in [-0.39, 0.29) is 59.7 Å². The third-order valence-corrected chi connectivity index (χ3v) is 17.6. The standard InChI is InChI=1S/C64H69NO11/c1-5-74-19-9-18-65-35-38-10-8-13-41(20-38)49-29-46(67)24-42-15-14-37(21-48(42)49)22-62(71)76-47-30-52-50-33-61(73-4)57(69)27-43(50)25-53-56(68)34-54-51-32-58(70)60(72-3)28-44(51)26-55(59(31-47)75-36(2)66)64(54,63(52)53)45-17-16-39-11-6-7-12-40(39)23-45/h6-8,10-15,20-21,23-24,27-29,32-33,47,52-56,59,63,65,67-70H,5,9,16-19,22,25-26,30-31,34-35H2,1-4H3/t47-,52+,53+,54-,55+,56-,59+,63-,64+/m0/s1. The summed E-state index contributed by atoms with van der Waals surface area (Å²) >= 11 is 0. The fraction of sp³-hybridized carbons (Fsp3) is 0.406. The number of nitrogens with one attached hydrogen (secondary N) is 1. The molecule has 5 N–H and O–H groups in total. The van der Waals surface area contributed by atoms with Crippen molar-refractivity contribution in [2.45, 2.75) is 108 Å². The highest BCUT2D eigenvalue weighted by Gasteiger charge is 2.67. The number of aromatic hydroxyl groups is 3. The molecule has 12 nitrogen and oxygen atoms in total. The number of allylic oxidation sites excluding steroid dienone is 1. The number of esters is 2. The number of phenols is 3. The molecule has 2 fully saturated rings. The molecule has 0 radical (unpaired) electrons. The van der Waals surface area contributed by atoms with E-state index in [0.717, 1.165) is 86.7 Å². The number of phenolic OH excluding ortho intramolecular Hbond substituents is 3. The Bertz CT molecular complexity index is 3220. The Morgan fingerprint density at radius 3 is 2.38 bits per heavy atom. The zero-order valence-electron chi connectivity index (χ0n) is 43.9. The van der Waals surface area contributed by atoms with Crippen LogP contribution < -0.4 is 14.8 Å². The molecule has 76 heavy (non-hydrogen) atoms. The molecule has 0 bridgehead atoms. The molecule has 0 saturated heterocycles. The minimum Gasteiger partial charge on any atom is -0.508 e. The molecule has 9 atom stereocenters. The number of aliphatic hydroxyl groups excluding tert-OH is 1. The fourth-order valence-corrected chi connectivity index (χ4v) is 14.7. The van der Waals surface area contributed by atoms with Gasteiger partial charge in [0, 0.05) is 44.4 Å². The Labute approximate surface area is 444 Å². The number of methoxy groups -OCH3 is 2. The van der Waals surface area contributed by atoms with E-state index in [2.05, 4.69) is 47.8 Å². The van der Waals surface area contributed by atoms with Gasteiger partial charge in [-0.15, -0.1) is 0 Å². The van der Waals surface area contributed by atoms with E-state index >= 15 is 0 Å². The summed E-state index contributed by atoms with van der Waals surface area (Å²) in [6, 6.07) is 33.5. The van der Waals surface area contributed by atoms with Gasteiger partial charge in [-0.05, 0) is 197 Å². The Balaban J connectivity index is 0.999. The van der Waals surface area contributed by atoms with E-state index in [1.54, 1.807) is 25.3 Å². The summed E-state index contributed by atoms with van der Waals surface area (Å²) in [5.41, 5.74) is 10.3. The highest BCUT2D eigenvalue weighted by molar-refractivity contribution is 5.98. The molecule has 0 aromatic heterocycles. The van der Waals surface area contributed by atoms with Crippen molar-refractivity contribution in [1.29, 1.82) is 0 Å². The van der Waals surface area contributed by atoms with Gasteiger partial charge in [0.25, 0.3) is 0 Å². The summed E-state index contributed by atoms with van der Waals surface area (Å²) in [5.74, 6) is -1.55. The molecule has 5 aliphatic rings. The smallest absolute Gasteiger partial charge is 0.310 e. The summed E-state index contributed by atoms with van der Waals surface area (Å²) in [6.45, 7) is 6.35. The first-order chi connectivity index (χ1) is 36.9. The van der Waals surface area contributed by atoms with Crippen molar-refractivity contribution in [2.24, 2.45) is 23.2 Å². The van der Waals surface area contributed by atoms with Gasteiger partial charge in [-0.2, -0.15) is 0 Å². The van der Waals surface area contributed by atoms with E-state index in [1.165, 1.54) is 25.2 Å². The van der Waals surface area contributed by atoms with Crippen LogP contribution >= 0.6 is 0 Å². The van der Waals surface area contributed by atoms with Gasteiger partial charge in [-0.1, -0.05) is 66.2 Å². The maximum atomic E-state index is 14.8. The van der Waals surface area contributed by atoms with Gasteiger partial charge in [0.05, 0.1) is 26.7 Å². The number of aliphatic hydroxyl groups is 1. The van der Waals surface area contributed by atoms with Crippen LogP contribution in [-0.2, 0) is 56.0 Å². The number of benzene rings is 6. The van der Waals surface area contributed by atoms with Crippen LogP contribution in [0, 0.1) is 23.2 Å². The average molecular weight is 1030 g/mol. The Morgan fingerprint density at radius 2 is 1.57 bits per heavy atom. The second kappa shape index (κ2) is 21.3. The quantitative estimate of drug-likeness (QED) is 0.0487. The van der Waals surface area contributed by atoms with Gasteiger partial charge < -0.3 is 49.4 Å². The highest BCUT2D eigenvalue weighted by Crippen LogP contribution is 2.72. The zero-order chi connectivity index (χ0) is 52.8.